The van der Waals surface area contributed by atoms with Gasteiger partial charge in [-0.05, 0) is 50.7 Å². The number of alkyl halides is 3. The lowest BCUT2D eigenvalue weighted by Crippen LogP contribution is -2.50. The van der Waals surface area contributed by atoms with Crippen molar-refractivity contribution in [2.45, 2.75) is 25.6 Å². The van der Waals surface area contributed by atoms with E-state index in [9.17, 15) is 22.8 Å². The van der Waals surface area contributed by atoms with E-state index in [2.05, 4.69) is 5.32 Å². The van der Waals surface area contributed by atoms with E-state index in [1.165, 1.54) is 11.0 Å². The predicted molar refractivity (Wildman–Crippen MR) is 111 cm³/mol. The van der Waals surface area contributed by atoms with Crippen molar-refractivity contribution < 1.29 is 27.5 Å². The van der Waals surface area contributed by atoms with Crippen LogP contribution in [0.5, 0.6) is 5.75 Å². The summed E-state index contributed by atoms with van der Waals surface area (Å²) in [6.07, 6.45) is -3.86. The summed E-state index contributed by atoms with van der Waals surface area (Å²) >= 11 is 0. The molecule has 0 aromatic heterocycles. The number of para-hydroxylation sites is 1. The third-order valence-corrected chi connectivity index (χ3v) is 5.14. The Morgan fingerprint density at radius 2 is 1.94 bits per heavy atom. The molecule has 6 nitrogen and oxygen atoms in total. The molecular weight excluding hydrogens is 411 g/mol. The van der Waals surface area contributed by atoms with E-state index in [1.807, 2.05) is 35.2 Å². The van der Waals surface area contributed by atoms with Gasteiger partial charge in [-0.15, -0.1) is 0 Å². The highest BCUT2D eigenvalue weighted by molar-refractivity contribution is 6.11. The number of nitrogens with zero attached hydrogens (tertiary/aromatic N) is 2. The first-order valence-electron chi connectivity index (χ1n) is 9.87. The van der Waals surface area contributed by atoms with Crippen LogP contribution in [-0.4, -0.2) is 49.5 Å². The van der Waals surface area contributed by atoms with E-state index >= 15 is 0 Å². The summed E-state index contributed by atoms with van der Waals surface area (Å²) in [6, 6.07) is 11.8. The Morgan fingerprint density at radius 1 is 1.23 bits per heavy atom. The standard InChI is InChI=1S/C22H24F3N3O3/c1-15(27(2)11-6-12-31-17-7-4-3-5-8-17)21(30)28-14-20(29)26-18-13-16(22(23,24)25)9-10-19(18)28/h3-5,7-10,13,15H,6,11-12,14H2,1-2H3,(H,26,29). The van der Waals surface area contributed by atoms with Crippen molar-refractivity contribution in [3.05, 3.63) is 54.1 Å². The van der Waals surface area contributed by atoms with Crippen molar-refractivity contribution in [2.75, 3.05) is 37.0 Å². The van der Waals surface area contributed by atoms with Crippen LogP contribution < -0.4 is 15.0 Å². The number of carbonyl (C=O) groups is 2. The maximum Gasteiger partial charge on any atom is 0.416 e. The van der Waals surface area contributed by atoms with E-state index in [0.717, 1.165) is 17.9 Å². The van der Waals surface area contributed by atoms with Crippen LogP contribution in [-0.2, 0) is 15.8 Å². The van der Waals surface area contributed by atoms with Gasteiger partial charge in [0.25, 0.3) is 0 Å². The number of nitrogens with one attached hydrogen (secondary N) is 1. The minimum atomic E-state index is -4.54. The highest BCUT2D eigenvalue weighted by Gasteiger charge is 2.35. The second-order valence-electron chi connectivity index (χ2n) is 7.37. The van der Waals surface area contributed by atoms with Gasteiger partial charge in [0, 0.05) is 6.54 Å². The van der Waals surface area contributed by atoms with Crippen LogP contribution in [0.15, 0.2) is 48.5 Å². The van der Waals surface area contributed by atoms with E-state index < -0.39 is 23.7 Å². The van der Waals surface area contributed by atoms with Crippen molar-refractivity contribution in [3.8, 4) is 5.75 Å². The van der Waals surface area contributed by atoms with Crippen LogP contribution in [0.4, 0.5) is 24.5 Å². The van der Waals surface area contributed by atoms with Gasteiger partial charge < -0.3 is 10.1 Å². The average Bonchev–Trinajstić information content (AvgIpc) is 2.74. The zero-order chi connectivity index (χ0) is 22.6. The summed E-state index contributed by atoms with van der Waals surface area (Å²) < 4.78 is 44.6. The van der Waals surface area contributed by atoms with Gasteiger partial charge in [-0.25, -0.2) is 0 Å². The number of hydrogen-bond donors (Lipinski definition) is 1. The van der Waals surface area contributed by atoms with Gasteiger partial charge >= 0.3 is 6.18 Å². The van der Waals surface area contributed by atoms with E-state index in [4.69, 9.17) is 4.74 Å². The van der Waals surface area contributed by atoms with Crippen LogP contribution in [0.2, 0.25) is 0 Å². The molecule has 0 saturated heterocycles. The molecule has 0 spiro atoms. The molecule has 1 heterocycles. The Balaban J connectivity index is 1.63. The molecule has 0 saturated carbocycles. The second kappa shape index (κ2) is 9.38. The molecule has 0 bridgehead atoms. The molecule has 1 atom stereocenters. The largest absolute Gasteiger partial charge is 0.494 e. The lowest BCUT2D eigenvalue weighted by molar-refractivity contribution is -0.137. The quantitative estimate of drug-likeness (QED) is 0.673. The summed E-state index contributed by atoms with van der Waals surface area (Å²) in [7, 11) is 1.78. The molecule has 166 valence electrons. The van der Waals surface area contributed by atoms with Crippen molar-refractivity contribution in [2.24, 2.45) is 0 Å². The number of benzene rings is 2. The number of hydrogen-bond acceptors (Lipinski definition) is 4. The molecule has 2 aromatic rings. The topological polar surface area (TPSA) is 61.9 Å². The fourth-order valence-electron chi connectivity index (χ4n) is 3.29. The van der Waals surface area contributed by atoms with E-state index in [-0.39, 0.29) is 23.8 Å². The number of likely N-dealkylation sites (N-methyl/N-ethyl adjacent to an activating group) is 1. The van der Waals surface area contributed by atoms with Crippen LogP contribution in [0.3, 0.4) is 0 Å². The van der Waals surface area contributed by atoms with Crippen LogP contribution in [0.1, 0.15) is 18.9 Å². The number of carbonyl (C=O) groups excluding carboxylic acids is 2. The summed E-state index contributed by atoms with van der Waals surface area (Å²) in [5.41, 5.74) is -0.653. The smallest absolute Gasteiger partial charge is 0.416 e. The Kier molecular flexibility index (Phi) is 6.84. The Morgan fingerprint density at radius 3 is 2.61 bits per heavy atom. The lowest BCUT2D eigenvalue weighted by Gasteiger charge is -2.34. The molecule has 0 fully saturated rings. The molecule has 1 aliphatic rings. The zero-order valence-corrected chi connectivity index (χ0v) is 17.3. The van der Waals surface area contributed by atoms with Gasteiger partial charge in [0.2, 0.25) is 11.8 Å². The Labute approximate surface area is 178 Å². The van der Waals surface area contributed by atoms with Gasteiger partial charge in [0.05, 0.1) is 29.6 Å². The highest BCUT2D eigenvalue weighted by atomic mass is 19.4. The highest BCUT2D eigenvalue weighted by Crippen LogP contribution is 2.37. The molecular formula is C22H24F3N3O3. The molecule has 1 N–H and O–H groups in total. The molecule has 2 aromatic carbocycles. The SMILES string of the molecule is CC(C(=O)N1CC(=O)Nc2cc(C(F)(F)F)ccc21)N(C)CCCOc1ccccc1. The van der Waals surface area contributed by atoms with Crippen LogP contribution in [0, 0.1) is 0 Å². The number of ether oxygens (including phenoxy) is 1. The average molecular weight is 435 g/mol. The molecule has 1 aliphatic heterocycles. The Hall–Kier alpha value is -3.07. The third kappa shape index (κ3) is 5.55. The number of amides is 2. The van der Waals surface area contributed by atoms with Crippen LogP contribution >= 0.6 is 0 Å². The molecule has 0 aliphatic carbocycles. The minimum Gasteiger partial charge on any atom is -0.494 e. The Bertz CT molecular complexity index is 935. The van der Waals surface area contributed by atoms with Gasteiger partial charge in [-0.2, -0.15) is 13.2 Å². The fraction of sp³-hybridized carbons (Fsp3) is 0.364. The zero-order valence-electron chi connectivity index (χ0n) is 17.3. The predicted octanol–water partition coefficient (Wildman–Crippen LogP) is 3.78. The van der Waals surface area contributed by atoms with E-state index in [1.54, 1.807) is 14.0 Å². The van der Waals surface area contributed by atoms with Gasteiger partial charge in [-0.3, -0.25) is 19.4 Å². The number of halogens is 3. The maximum absolute atomic E-state index is 13.0. The van der Waals surface area contributed by atoms with Crippen molar-refractivity contribution in [3.63, 3.8) is 0 Å². The molecule has 9 heteroatoms. The number of fused-ring (bicyclic) bond motifs is 1. The molecule has 2 amide bonds. The molecule has 31 heavy (non-hydrogen) atoms. The summed E-state index contributed by atoms with van der Waals surface area (Å²) in [5.74, 6) is -0.128. The monoisotopic (exact) mass is 435 g/mol. The van der Waals surface area contributed by atoms with Crippen molar-refractivity contribution in [1.29, 1.82) is 0 Å². The maximum atomic E-state index is 13.0. The van der Waals surface area contributed by atoms with Gasteiger partial charge in [0.1, 0.15) is 12.3 Å². The van der Waals surface area contributed by atoms with Crippen molar-refractivity contribution in [1.82, 2.24) is 4.90 Å². The first kappa shape index (κ1) is 22.6. The summed E-state index contributed by atoms with van der Waals surface area (Å²) in [5, 5.41) is 2.42. The van der Waals surface area contributed by atoms with Gasteiger partial charge in [0.15, 0.2) is 0 Å². The molecule has 1 unspecified atom stereocenters. The molecule has 0 radical (unpaired) electrons. The summed E-state index contributed by atoms with van der Waals surface area (Å²) in [4.78, 5) is 28.1. The first-order chi connectivity index (χ1) is 14.7. The number of rotatable bonds is 7. The third-order valence-electron chi connectivity index (χ3n) is 5.14. The molecule has 3 rings (SSSR count). The fourth-order valence-corrected chi connectivity index (χ4v) is 3.29. The van der Waals surface area contributed by atoms with E-state index in [0.29, 0.717) is 19.6 Å². The van der Waals surface area contributed by atoms with Gasteiger partial charge in [-0.1, -0.05) is 18.2 Å². The lowest BCUT2D eigenvalue weighted by atomic mass is 10.1. The minimum absolute atomic E-state index is 0.0226. The first-order valence-corrected chi connectivity index (χ1v) is 9.87. The summed E-state index contributed by atoms with van der Waals surface area (Å²) in [6.45, 7) is 2.51. The normalized spacial score (nSPS) is 14.8. The number of anilines is 2. The van der Waals surface area contributed by atoms with Crippen LogP contribution in [0.25, 0.3) is 0 Å². The second-order valence-corrected chi connectivity index (χ2v) is 7.37. The van der Waals surface area contributed by atoms with Crippen molar-refractivity contribution >= 4 is 23.2 Å².